The lowest BCUT2D eigenvalue weighted by Crippen LogP contribution is -2.50. The van der Waals surface area contributed by atoms with Gasteiger partial charge in [-0.25, -0.2) is 13.8 Å². The van der Waals surface area contributed by atoms with Crippen LogP contribution in [0.5, 0.6) is 5.75 Å². The topological polar surface area (TPSA) is 63.2 Å². The van der Waals surface area contributed by atoms with Gasteiger partial charge >= 0.3 is 0 Å². The van der Waals surface area contributed by atoms with Crippen LogP contribution in [0.25, 0.3) is 0 Å². The van der Waals surface area contributed by atoms with Crippen molar-refractivity contribution in [3.8, 4) is 5.75 Å². The number of hydrogen-bond donors (Lipinski definition) is 2. The first-order chi connectivity index (χ1) is 9.06. The average Bonchev–Trinajstić information content (AvgIpc) is 2.32. The first-order valence-corrected chi connectivity index (χ1v) is 5.66. The molecule has 104 valence electrons. The van der Waals surface area contributed by atoms with Crippen molar-refractivity contribution in [1.29, 1.82) is 0 Å². The van der Waals surface area contributed by atoms with Crippen LogP contribution in [0, 0.1) is 5.95 Å². The van der Waals surface area contributed by atoms with Gasteiger partial charge in [0.15, 0.2) is 5.75 Å². The van der Waals surface area contributed by atoms with Gasteiger partial charge in [0, 0.05) is 13.1 Å². The summed E-state index contributed by atoms with van der Waals surface area (Å²) in [5.41, 5.74) is -0.266. The molecule has 0 saturated carbocycles. The molecule has 1 aliphatic rings. The van der Waals surface area contributed by atoms with E-state index in [1.807, 2.05) is 5.32 Å². The Balaban J connectivity index is 1.98. The molecule has 2 N–H and O–H groups in total. The van der Waals surface area contributed by atoms with E-state index in [0.717, 1.165) is 0 Å². The summed E-state index contributed by atoms with van der Waals surface area (Å²) in [4.78, 5) is 14.8. The molecule has 1 amide bonds. The van der Waals surface area contributed by atoms with E-state index in [1.165, 1.54) is 12.1 Å². The van der Waals surface area contributed by atoms with Crippen LogP contribution in [0.4, 0.5) is 13.2 Å². The molecule has 8 heteroatoms. The van der Waals surface area contributed by atoms with Crippen molar-refractivity contribution in [1.82, 2.24) is 15.6 Å². The van der Waals surface area contributed by atoms with Crippen LogP contribution in [0.1, 0.15) is 10.5 Å². The van der Waals surface area contributed by atoms with Gasteiger partial charge in [0.2, 0.25) is 0 Å². The predicted molar refractivity (Wildman–Crippen MR) is 59.8 cm³/mol. The Labute approximate surface area is 107 Å². The number of aromatic nitrogens is 1. The highest BCUT2D eigenvalue weighted by Crippen LogP contribution is 2.17. The van der Waals surface area contributed by atoms with E-state index in [2.05, 4.69) is 10.3 Å². The molecule has 0 spiro atoms. The number of hydrogen-bond acceptors (Lipinski definition) is 4. The van der Waals surface area contributed by atoms with E-state index in [0.29, 0.717) is 13.1 Å². The van der Waals surface area contributed by atoms with Crippen molar-refractivity contribution in [3.05, 3.63) is 23.8 Å². The largest absolute Gasteiger partial charge is 0.483 e. The summed E-state index contributed by atoms with van der Waals surface area (Å²) in [5, 5.41) is 4.89. The average molecular weight is 275 g/mol. The molecule has 0 aliphatic carbocycles. The third kappa shape index (κ3) is 3.57. The number of nitrogens with zero attached hydrogens (tertiary/aromatic N) is 1. The molecule has 0 atom stereocenters. The highest BCUT2D eigenvalue weighted by atomic mass is 19.3. The molecule has 1 aromatic heterocycles. The third-order valence-corrected chi connectivity index (χ3v) is 2.50. The minimum absolute atomic E-state index is 0.0584. The van der Waals surface area contributed by atoms with Gasteiger partial charge in [0.1, 0.15) is 11.8 Å². The predicted octanol–water partition coefficient (Wildman–Crippen LogP) is 0.566. The Morgan fingerprint density at radius 2 is 2.26 bits per heavy atom. The van der Waals surface area contributed by atoms with Gasteiger partial charge in [-0.05, 0) is 12.1 Å². The molecular weight excluding hydrogens is 263 g/mol. The van der Waals surface area contributed by atoms with Crippen molar-refractivity contribution < 1.29 is 22.7 Å². The molecule has 2 heterocycles. The maximum absolute atomic E-state index is 13.5. The summed E-state index contributed by atoms with van der Waals surface area (Å²) in [6.45, 7) is 0.445. The Hall–Kier alpha value is -1.83. The second kappa shape index (κ2) is 5.87. The molecule has 1 aromatic rings. The molecule has 1 aliphatic heterocycles. The van der Waals surface area contributed by atoms with E-state index in [4.69, 9.17) is 4.74 Å². The summed E-state index contributed by atoms with van der Waals surface area (Å²) in [7, 11) is 0. The fourth-order valence-corrected chi connectivity index (χ4v) is 1.42. The van der Waals surface area contributed by atoms with E-state index >= 15 is 0 Å². The quantitative estimate of drug-likeness (QED) is 0.771. The Bertz CT molecular complexity index is 466. The number of nitrogens with one attached hydrogen (secondary N) is 2. The number of rotatable bonds is 5. The van der Waals surface area contributed by atoms with Crippen molar-refractivity contribution in [2.24, 2.45) is 0 Å². The smallest absolute Gasteiger partial charge is 0.270 e. The number of alkyl halides is 2. The molecule has 19 heavy (non-hydrogen) atoms. The van der Waals surface area contributed by atoms with Crippen LogP contribution in [0.3, 0.4) is 0 Å². The summed E-state index contributed by atoms with van der Waals surface area (Å²) in [6, 6.07) is 2.49. The van der Waals surface area contributed by atoms with Crippen LogP contribution in [0.15, 0.2) is 12.1 Å². The molecule has 0 bridgehead atoms. The number of halogens is 3. The molecule has 1 saturated heterocycles. The molecule has 0 radical (unpaired) electrons. The molecule has 0 unspecified atom stereocenters. The van der Waals surface area contributed by atoms with Gasteiger partial charge < -0.3 is 15.4 Å². The van der Waals surface area contributed by atoms with Gasteiger partial charge in [-0.15, -0.1) is 0 Å². The van der Waals surface area contributed by atoms with E-state index in [-0.39, 0.29) is 17.5 Å². The Kier molecular flexibility index (Phi) is 4.20. The second-order valence-electron chi connectivity index (χ2n) is 3.98. The van der Waals surface area contributed by atoms with Crippen molar-refractivity contribution in [2.45, 2.75) is 12.5 Å². The summed E-state index contributed by atoms with van der Waals surface area (Å²) in [6.07, 6.45) is -2.78. The van der Waals surface area contributed by atoms with Crippen molar-refractivity contribution in [2.75, 3.05) is 19.6 Å². The fourth-order valence-electron chi connectivity index (χ4n) is 1.42. The third-order valence-electron chi connectivity index (χ3n) is 2.50. The molecular formula is C11H12F3N3O2. The van der Waals surface area contributed by atoms with Crippen molar-refractivity contribution >= 4 is 5.91 Å². The zero-order valence-electron chi connectivity index (χ0n) is 9.83. The number of carbonyl (C=O) groups excluding carboxylic acids is 1. The molecule has 5 nitrogen and oxygen atoms in total. The fraction of sp³-hybridized carbons (Fsp3) is 0.455. The van der Waals surface area contributed by atoms with E-state index in [1.54, 1.807) is 0 Å². The lowest BCUT2D eigenvalue weighted by molar-refractivity contribution is 0.0885. The number of carbonyl (C=O) groups is 1. The summed E-state index contributed by atoms with van der Waals surface area (Å²) < 4.78 is 42.6. The minimum Gasteiger partial charge on any atom is -0.483 e. The van der Waals surface area contributed by atoms with Crippen LogP contribution in [0.2, 0.25) is 0 Å². The Morgan fingerprint density at radius 1 is 1.53 bits per heavy atom. The number of amides is 1. The molecule has 0 aromatic carbocycles. The highest BCUT2D eigenvalue weighted by Gasteiger charge is 2.21. The molecule has 2 rings (SSSR count). The SMILES string of the molecule is O=C(NCC(F)F)c1ccc(OC2CNC2)c(F)n1. The first kappa shape index (κ1) is 13.6. The first-order valence-electron chi connectivity index (χ1n) is 5.66. The lowest BCUT2D eigenvalue weighted by Gasteiger charge is -2.27. The molecule has 1 fully saturated rings. The lowest BCUT2D eigenvalue weighted by atomic mass is 10.2. The second-order valence-corrected chi connectivity index (χ2v) is 3.98. The van der Waals surface area contributed by atoms with Crippen LogP contribution in [-0.4, -0.2) is 43.1 Å². The Morgan fingerprint density at radius 3 is 2.79 bits per heavy atom. The van der Waals surface area contributed by atoms with Gasteiger partial charge in [0.05, 0.1) is 6.54 Å². The van der Waals surface area contributed by atoms with Gasteiger partial charge in [-0.1, -0.05) is 0 Å². The van der Waals surface area contributed by atoms with Crippen LogP contribution in [-0.2, 0) is 0 Å². The van der Waals surface area contributed by atoms with Crippen molar-refractivity contribution in [3.63, 3.8) is 0 Å². The zero-order chi connectivity index (χ0) is 13.8. The normalized spacial score (nSPS) is 15.2. The van der Waals surface area contributed by atoms with E-state index < -0.39 is 24.8 Å². The van der Waals surface area contributed by atoms with Gasteiger partial charge in [0.25, 0.3) is 18.3 Å². The zero-order valence-corrected chi connectivity index (χ0v) is 9.83. The van der Waals surface area contributed by atoms with Crippen LogP contribution < -0.4 is 15.4 Å². The number of ether oxygens (including phenoxy) is 1. The van der Waals surface area contributed by atoms with Crippen LogP contribution >= 0.6 is 0 Å². The highest BCUT2D eigenvalue weighted by molar-refractivity contribution is 5.92. The van der Waals surface area contributed by atoms with Gasteiger partial charge in [-0.3, -0.25) is 4.79 Å². The maximum atomic E-state index is 13.5. The monoisotopic (exact) mass is 275 g/mol. The summed E-state index contributed by atoms with van der Waals surface area (Å²) >= 11 is 0. The standard InChI is InChI=1S/C11H12F3N3O2/c12-9(13)5-16-11(18)7-1-2-8(10(14)17-7)19-6-3-15-4-6/h1-2,6,9,15H,3-5H2,(H,16,18). The van der Waals surface area contributed by atoms with Gasteiger partial charge in [-0.2, -0.15) is 4.39 Å². The maximum Gasteiger partial charge on any atom is 0.270 e. The minimum atomic E-state index is -2.66. The number of pyridine rings is 1. The summed E-state index contributed by atoms with van der Waals surface area (Å²) in [5.74, 6) is -1.84. The van der Waals surface area contributed by atoms with E-state index in [9.17, 15) is 18.0 Å².